The van der Waals surface area contributed by atoms with E-state index in [1.54, 1.807) is 12.1 Å². The number of carbonyl (C=O) groups is 1. The summed E-state index contributed by atoms with van der Waals surface area (Å²) in [5.41, 5.74) is 5.49. The minimum Gasteiger partial charge on any atom is -0.366 e. The van der Waals surface area contributed by atoms with Gasteiger partial charge < -0.3 is 10.6 Å². The maximum absolute atomic E-state index is 10.8. The zero-order valence-electron chi connectivity index (χ0n) is 9.34. The summed E-state index contributed by atoms with van der Waals surface area (Å²) in [7, 11) is 1.86. The Kier molecular flexibility index (Phi) is 3.84. The standard InChI is InChI=1S/C11H14N4O/c1-8(5-6-12)15(2)10-4-3-9(7-14-10)11(13)16/h3-4,7-8H,5H2,1-2H3,(H2,13,16). The van der Waals surface area contributed by atoms with Crippen molar-refractivity contribution in [2.24, 2.45) is 5.73 Å². The van der Waals surface area contributed by atoms with Gasteiger partial charge in [0.1, 0.15) is 5.82 Å². The Morgan fingerprint density at radius 2 is 2.38 bits per heavy atom. The molecule has 0 saturated carbocycles. The molecule has 0 aliphatic carbocycles. The van der Waals surface area contributed by atoms with Crippen molar-refractivity contribution in [1.29, 1.82) is 5.26 Å². The van der Waals surface area contributed by atoms with E-state index < -0.39 is 5.91 Å². The third kappa shape index (κ3) is 2.70. The van der Waals surface area contributed by atoms with Crippen molar-refractivity contribution in [1.82, 2.24) is 4.98 Å². The maximum atomic E-state index is 10.8. The predicted molar refractivity (Wildman–Crippen MR) is 60.8 cm³/mol. The van der Waals surface area contributed by atoms with Gasteiger partial charge in [0, 0.05) is 19.3 Å². The molecule has 5 nitrogen and oxygen atoms in total. The second-order valence-corrected chi connectivity index (χ2v) is 3.59. The highest BCUT2D eigenvalue weighted by Gasteiger charge is 2.11. The van der Waals surface area contributed by atoms with E-state index in [2.05, 4.69) is 11.1 Å². The summed E-state index contributed by atoms with van der Waals surface area (Å²) in [5, 5.41) is 8.59. The van der Waals surface area contributed by atoms with Crippen LogP contribution in [0.3, 0.4) is 0 Å². The Balaban J connectivity index is 2.82. The van der Waals surface area contributed by atoms with Crippen LogP contribution in [0.5, 0.6) is 0 Å². The fourth-order valence-corrected chi connectivity index (χ4v) is 1.24. The molecule has 2 N–H and O–H groups in total. The third-order valence-electron chi connectivity index (χ3n) is 2.44. The Morgan fingerprint density at radius 1 is 1.69 bits per heavy atom. The van der Waals surface area contributed by atoms with Crippen LogP contribution in [0.2, 0.25) is 0 Å². The molecular formula is C11H14N4O. The lowest BCUT2D eigenvalue weighted by Gasteiger charge is -2.23. The first-order chi connectivity index (χ1) is 7.56. The zero-order valence-corrected chi connectivity index (χ0v) is 9.34. The van der Waals surface area contributed by atoms with Crippen molar-refractivity contribution in [2.75, 3.05) is 11.9 Å². The SMILES string of the molecule is CC(CC#N)N(C)c1ccc(C(N)=O)cn1. The van der Waals surface area contributed by atoms with Gasteiger partial charge in [0.05, 0.1) is 18.1 Å². The Hall–Kier alpha value is -2.09. The van der Waals surface area contributed by atoms with Gasteiger partial charge in [0.2, 0.25) is 5.91 Å². The van der Waals surface area contributed by atoms with Gasteiger partial charge in [0.15, 0.2) is 0 Å². The van der Waals surface area contributed by atoms with Gasteiger partial charge in [-0.1, -0.05) is 0 Å². The summed E-state index contributed by atoms with van der Waals surface area (Å²) in [6.07, 6.45) is 1.86. The van der Waals surface area contributed by atoms with Crippen LogP contribution in [0, 0.1) is 11.3 Å². The molecule has 0 spiro atoms. The number of nitrogens with zero attached hydrogens (tertiary/aromatic N) is 3. The normalized spacial score (nSPS) is 11.6. The lowest BCUT2D eigenvalue weighted by Crippen LogP contribution is -2.29. The molecule has 1 rings (SSSR count). The van der Waals surface area contributed by atoms with E-state index in [1.165, 1.54) is 6.20 Å². The molecule has 1 aromatic rings. The number of amides is 1. The number of aromatic nitrogens is 1. The number of carbonyl (C=O) groups excluding carboxylic acids is 1. The van der Waals surface area contributed by atoms with Crippen LogP contribution in [-0.4, -0.2) is 24.0 Å². The first kappa shape index (κ1) is 12.0. The van der Waals surface area contributed by atoms with Gasteiger partial charge in [0.25, 0.3) is 0 Å². The molecule has 1 aromatic heterocycles. The van der Waals surface area contributed by atoms with Crippen LogP contribution < -0.4 is 10.6 Å². The van der Waals surface area contributed by atoms with Crippen LogP contribution in [0.15, 0.2) is 18.3 Å². The van der Waals surface area contributed by atoms with Gasteiger partial charge in [-0.25, -0.2) is 4.98 Å². The highest BCUT2D eigenvalue weighted by Crippen LogP contribution is 2.13. The maximum Gasteiger partial charge on any atom is 0.250 e. The van der Waals surface area contributed by atoms with Crippen LogP contribution in [0.1, 0.15) is 23.7 Å². The molecule has 0 aromatic carbocycles. The average molecular weight is 218 g/mol. The van der Waals surface area contributed by atoms with Crippen molar-refractivity contribution in [3.05, 3.63) is 23.9 Å². The zero-order chi connectivity index (χ0) is 12.1. The van der Waals surface area contributed by atoms with E-state index in [9.17, 15) is 4.79 Å². The summed E-state index contributed by atoms with van der Waals surface area (Å²) in [5.74, 6) is 0.222. The van der Waals surface area contributed by atoms with Crippen LogP contribution in [0.25, 0.3) is 0 Å². The largest absolute Gasteiger partial charge is 0.366 e. The van der Waals surface area contributed by atoms with Crippen molar-refractivity contribution >= 4 is 11.7 Å². The number of primary amides is 1. The summed E-state index contributed by atoms with van der Waals surface area (Å²) in [6.45, 7) is 1.94. The van der Waals surface area contributed by atoms with Crippen molar-refractivity contribution in [3.8, 4) is 6.07 Å². The average Bonchev–Trinajstić information content (AvgIpc) is 2.28. The summed E-state index contributed by atoms with van der Waals surface area (Å²) in [4.78, 5) is 16.8. The summed E-state index contributed by atoms with van der Waals surface area (Å²) >= 11 is 0. The van der Waals surface area contributed by atoms with Crippen molar-refractivity contribution < 1.29 is 4.79 Å². The Morgan fingerprint density at radius 3 is 2.81 bits per heavy atom. The van der Waals surface area contributed by atoms with Gasteiger partial charge in [-0.3, -0.25) is 4.79 Å². The molecule has 1 heterocycles. The monoisotopic (exact) mass is 218 g/mol. The van der Waals surface area contributed by atoms with Gasteiger partial charge >= 0.3 is 0 Å². The summed E-state index contributed by atoms with van der Waals surface area (Å²) < 4.78 is 0. The number of anilines is 1. The predicted octanol–water partition coefficient (Wildman–Crippen LogP) is 0.919. The Labute approximate surface area is 94.5 Å². The first-order valence-electron chi connectivity index (χ1n) is 4.92. The van der Waals surface area contributed by atoms with E-state index in [0.29, 0.717) is 17.8 Å². The fourth-order valence-electron chi connectivity index (χ4n) is 1.24. The third-order valence-corrected chi connectivity index (χ3v) is 2.44. The minimum absolute atomic E-state index is 0.0805. The topological polar surface area (TPSA) is 83.0 Å². The van der Waals surface area contributed by atoms with Gasteiger partial charge in [-0.15, -0.1) is 0 Å². The molecule has 0 aliphatic heterocycles. The molecule has 0 bridgehead atoms. The van der Waals surface area contributed by atoms with Gasteiger partial charge in [-0.2, -0.15) is 5.26 Å². The number of nitrogens with two attached hydrogens (primary N) is 1. The van der Waals surface area contributed by atoms with E-state index in [-0.39, 0.29) is 6.04 Å². The molecule has 1 atom stereocenters. The van der Waals surface area contributed by atoms with E-state index in [4.69, 9.17) is 11.0 Å². The van der Waals surface area contributed by atoms with Crippen LogP contribution >= 0.6 is 0 Å². The highest BCUT2D eigenvalue weighted by molar-refractivity contribution is 5.92. The molecule has 84 valence electrons. The molecule has 5 heteroatoms. The van der Waals surface area contributed by atoms with Crippen molar-refractivity contribution in [3.63, 3.8) is 0 Å². The first-order valence-corrected chi connectivity index (χ1v) is 4.92. The lowest BCUT2D eigenvalue weighted by molar-refractivity contribution is 0.1000. The van der Waals surface area contributed by atoms with Crippen molar-refractivity contribution in [2.45, 2.75) is 19.4 Å². The van der Waals surface area contributed by atoms with E-state index in [1.807, 2.05) is 18.9 Å². The molecule has 0 radical (unpaired) electrons. The molecule has 1 amide bonds. The summed E-state index contributed by atoms with van der Waals surface area (Å²) in [6, 6.07) is 5.53. The number of nitriles is 1. The number of pyridine rings is 1. The van der Waals surface area contributed by atoms with Crippen LogP contribution in [-0.2, 0) is 0 Å². The fraction of sp³-hybridized carbons (Fsp3) is 0.364. The molecule has 16 heavy (non-hydrogen) atoms. The quantitative estimate of drug-likeness (QED) is 0.814. The second-order valence-electron chi connectivity index (χ2n) is 3.59. The molecule has 1 unspecified atom stereocenters. The highest BCUT2D eigenvalue weighted by atomic mass is 16.1. The number of rotatable bonds is 4. The number of hydrogen-bond acceptors (Lipinski definition) is 4. The smallest absolute Gasteiger partial charge is 0.250 e. The Bertz CT molecular complexity index is 407. The molecule has 0 fully saturated rings. The lowest BCUT2D eigenvalue weighted by atomic mass is 10.2. The van der Waals surface area contributed by atoms with Gasteiger partial charge in [-0.05, 0) is 19.1 Å². The minimum atomic E-state index is -0.494. The van der Waals surface area contributed by atoms with E-state index >= 15 is 0 Å². The molecule has 0 saturated heterocycles. The molecular weight excluding hydrogens is 204 g/mol. The number of hydrogen-bond donors (Lipinski definition) is 1. The second kappa shape index (κ2) is 5.12. The van der Waals surface area contributed by atoms with E-state index in [0.717, 1.165) is 0 Å². The molecule has 0 aliphatic rings. The van der Waals surface area contributed by atoms with Crippen LogP contribution in [0.4, 0.5) is 5.82 Å².